The highest BCUT2D eigenvalue weighted by Crippen LogP contribution is 2.32. The van der Waals surface area contributed by atoms with E-state index in [-0.39, 0.29) is 6.04 Å². The van der Waals surface area contributed by atoms with Crippen molar-refractivity contribution in [3.8, 4) is 0 Å². The third-order valence-electron chi connectivity index (χ3n) is 3.74. The zero-order valence-corrected chi connectivity index (χ0v) is 10.7. The van der Waals surface area contributed by atoms with Crippen molar-refractivity contribution >= 4 is 0 Å². The molecule has 0 bridgehead atoms. The van der Waals surface area contributed by atoms with Gasteiger partial charge in [0.05, 0.1) is 12.0 Å². The summed E-state index contributed by atoms with van der Waals surface area (Å²) in [5.74, 6) is 1.39. The van der Waals surface area contributed by atoms with Crippen molar-refractivity contribution in [2.45, 2.75) is 25.8 Å². The summed E-state index contributed by atoms with van der Waals surface area (Å²) in [4.78, 5) is 7.59. The summed E-state index contributed by atoms with van der Waals surface area (Å²) >= 11 is 0. The highest BCUT2D eigenvalue weighted by Gasteiger charge is 2.31. The van der Waals surface area contributed by atoms with Crippen LogP contribution in [0.15, 0.2) is 30.6 Å². The lowest BCUT2D eigenvalue weighted by atomic mass is 9.92. The molecule has 4 nitrogen and oxygen atoms in total. The monoisotopic (exact) mass is 242 g/mol. The molecule has 1 saturated heterocycles. The van der Waals surface area contributed by atoms with E-state index in [0.717, 1.165) is 12.4 Å². The summed E-state index contributed by atoms with van der Waals surface area (Å²) in [6, 6.07) is 6.92. The predicted molar refractivity (Wildman–Crippen MR) is 71.1 cm³/mol. The second kappa shape index (κ2) is 4.55. The third kappa shape index (κ3) is 1.94. The van der Waals surface area contributed by atoms with Crippen LogP contribution < -0.4 is 10.9 Å². The first-order chi connectivity index (χ1) is 8.75. The van der Waals surface area contributed by atoms with Gasteiger partial charge in [0, 0.05) is 18.9 Å². The normalized spacial score (nSPS) is 23.4. The predicted octanol–water partition coefficient (Wildman–Crippen LogP) is 1.96. The molecule has 3 rings (SSSR count). The van der Waals surface area contributed by atoms with Crippen LogP contribution >= 0.6 is 0 Å². The highest BCUT2D eigenvalue weighted by atomic mass is 15.4. The zero-order chi connectivity index (χ0) is 12.5. The Morgan fingerprint density at radius 2 is 2.11 bits per heavy atom. The zero-order valence-electron chi connectivity index (χ0n) is 10.7. The van der Waals surface area contributed by atoms with Crippen LogP contribution in [0.3, 0.4) is 0 Å². The van der Waals surface area contributed by atoms with E-state index in [1.807, 2.05) is 12.4 Å². The van der Waals surface area contributed by atoms with Gasteiger partial charge in [-0.05, 0) is 30.5 Å². The Hall–Kier alpha value is -1.65. The molecule has 94 valence electrons. The number of nitrogens with one attached hydrogen (secondary N) is 3. The lowest BCUT2D eigenvalue weighted by molar-refractivity contribution is 0.543. The Bertz CT molecular complexity index is 533. The largest absolute Gasteiger partial charge is 0.348 e. The molecule has 2 heterocycles. The van der Waals surface area contributed by atoms with Crippen LogP contribution in [-0.4, -0.2) is 16.5 Å². The molecule has 3 N–H and O–H groups in total. The molecule has 1 aromatic heterocycles. The van der Waals surface area contributed by atoms with Crippen molar-refractivity contribution in [2.75, 3.05) is 6.54 Å². The van der Waals surface area contributed by atoms with E-state index >= 15 is 0 Å². The minimum Gasteiger partial charge on any atom is -0.348 e. The number of aromatic nitrogens is 2. The first-order valence-corrected chi connectivity index (χ1v) is 6.30. The van der Waals surface area contributed by atoms with Crippen molar-refractivity contribution in [3.05, 3.63) is 53.1 Å². The Morgan fingerprint density at radius 1 is 1.22 bits per heavy atom. The Balaban J connectivity index is 1.93. The quantitative estimate of drug-likeness (QED) is 0.754. The fourth-order valence-corrected chi connectivity index (χ4v) is 2.51. The average molecular weight is 242 g/mol. The molecule has 0 saturated carbocycles. The molecule has 1 aliphatic rings. The molecule has 0 amide bonds. The van der Waals surface area contributed by atoms with E-state index in [2.05, 4.69) is 52.9 Å². The Kier molecular flexibility index (Phi) is 2.89. The van der Waals surface area contributed by atoms with Crippen molar-refractivity contribution in [1.29, 1.82) is 0 Å². The number of H-pyrrole nitrogens is 1. The molecule has 4 heteroatoms. The Morgan fingerprint density at radius 3 is 2.83 bits per heavy atom. The number of rotatable bonds is 2. The third-order valence-corrected chi connectivity index (χ3v) is 3.74. The number of aryl methyl sites for hydroxylation is 2. The van der Waals surface area contributed by atoms with Gasteiger partial charge in [-0.2, -0.15) is 0 Å². The molecule has 1 aliphatic heterocycles. The summed E-state index contributed by atoms with van der Waals surface area (Å²) < 4.78 is 0. The van der Waals surface area contributed by atoms with E-state index in [1.165, 1.54) is 16.7 Å². The maximum Gasteiger partial charge on any atom is 0.112 e. The van der Waals surface area contributed by atoms with Gasteiger partial charge in [0.2, 0.25) is 0 Å². The van der Waals surface area contributed by atoms with Gasteiger partial charge < -0.3 is 4.98 Å². The first-order valence-electron chi connectivity index (χ1n) is 6.30. The summed E-state index contributed by atoms with van der Waals surface area (Å²) in [5, 5.41) is 0. The number of hydrogen-bond donors (Lipinski definition) is 3. The van der Waals surface area contributed by atoms with Gasteiger partial charge in [0.1, 0.15) is 5.82 Å². The maximum absolute atomic E-state index is 4.38. The number of aromatic amines is 1. The topological polar surface area (TPSA) is 52.7 Å². The number of nitrogens with zero attached hydrogens (tertiary/aromatic N) is 1. The van der Waals surface area contributed by atoms with Gasteiger partial charge in [0.15, 0.2) is 0 Å². The summed E-state index contributed by atoms with van der Waals surface area (Å²) in [6.45, 7) is 5.19. The summed E-state index contributed by atoms with van der Waals surface area (Å²) in [5.41, 5.74) is 10.6. The first kappa shape index (κ1) is 11.4. The fraction of sp³-hybridized carbons (Fsp3) is 0.357. The van der Waals surface area contributed by atoms with Gasteiger partial charge >= 0.3 is 0 Å². The summed E-state index contributed by atoms with van der Waals surface area (Å²) in [7, 11) is 0. The van der Waals surface area contributed by atoms with Crippen molar-refractivity contribution in [3.63, 3.8) is 0 Å². The molecule has 2 atom stereocenters. The van der Waals surface area contributed by atoms with Crippen molar-refractivity contribution < 1.29 is 0 Å². The second-order valence-electron chi connectivity index (χ2n) is 4.93. The van der Waals surface area contributed by atoms with Crippen LogP contribution in [0.25, 0.3) is 0 Å². The van der Waals surface area contributed by atoms with Crippen molar-refractivity contribution in [2.24, 2.45) is 0 Å². The molecule has 1 aromatic carbocycles. The number of hydrazine groups is 1. The van der Waals surface area contributed by atoms with Crippen molar-refractivity contribution in [1.82, 2.24) is 20.8 Å². The smallest absolute Gasteiger partial charge is 0.112 e. The SMILES string of the molecule is Cc1ccc(C2NNCC2c2ncc[nH]2)cc1C. The number of benzene rings is 1. The van der Waals surface area contributed by atoms with E-state index in [4.69, 9.17) is 0 Å². The number of imidazole rings is 1. The van der Waals surface area contributed by atoms with E-state index in [9.17, 15) is 0 Å². The van der Waals surface area contributed by atoms with Gasteiger partial charge in [-0.1, -0.05) is 18.2 Å². The molecule has 18 heavy (non-hydrogen) atoms. The van der Waals surface area contributed by atoms with Crippen LogP contribution in [0.4, 0.5) is 0 Å². The highest BCUT2D eigenvalue weighted by molar-refractivity contribution is 5.33. The lowest BCUT2D eigenvalue weighted by Crippen LogP contribution is -2.25. The molecule has 0 spiro atoms. The second-order valence-corrected chi connectivity index (χ2v) is 4.93. The average Bonchev–Trinajstić information content (AvgIpc) is 3.00. The molecule has 0 radical (unpaired) electrons. The van der Waals surface area contributed by atoms with Gasteiger partial charge in [-0.25, -0.2) is 10.4 Å². The Labute approximate surface area is 107 Å². The van der Waals surface area contributed by atoms with E-state index < -0.39 is 0 Å². The minimum atomic E-state index is 0.274. The van der Waals surface area contributed by atoms with Crippen LogP contribution in [0, 0.1) is 13.8 Å². The van der Waals surface area contributed by atoms with Gasteiger partial charge in [-0.15, -0.1) is 0 Å². The summed E-state index contributed by atoms with van der Waals surface area (Å²) in [6.07, 6.45) is 3.69. The van der Waals surface area contributed by atoms with E-state index in [1.54, 1.807) is 0 Å². The van der Waals surface area contributed by atoms with Crippen LogP contribution in [-0.2, 0) is 0 Å². The van der Waals surface area contributed by atoms with Gasteiger partial charge in [0.25, 0.3) is 0 Å². The molecular formula is C14H18N4. The molecular weight excluding hydrogens is 224 g/mol. The standard InChI is InChI=1S/C14H18N4/c1-9-3-4-11(7-10(9)2)13-12(8-17-18-13)14-15-5-6-16-14/h3-7,12-13,17-18H,8H2,1-2H3,(H,15,16). The molecule has 2 aromatic rings. The fourth-order valence-electron chi connectivity index (χ4n) is 2.51. The minimum absolute atomic E-state index is 0.274. The molecule has 0 aliphatic carbocycles. The van der Waals surface area contributed by atoms with Crippen LogP contribution in [0.1, 0.15) is 34.5 Å². The maximum atomic E-state index is 4.38. The number of hydrogen-bond acceptors (Lipinski definition) is 3. The van der Waals surface area contributed by atoms with Crippen LogP contribution in [0.2, 0.25) is 0 Å². The lowest BCUT2D eigenvalue weighted by Gasteiger charge is -2.18. The van der Waals surface area contributed by atoms with Gasteiger partial charge in [-0.3, -0.25) is 5.43 Å². The molecule has 2 unspecified atom stereocenters. The molecule has 1 fully saturated rings. The van der Waals surface area contributed by atoms with Crippen LogP contribution in [0.5, 0.6) is 0 Å². The van der Waals surface area contributed by atoms with E-state index in [0.29, 0.717) is 5.92 Å².